The maximum absolute atomic E-state index is 5.93. The number of benzene rings is 1. The summed E-state index contributed by atoms with van der Waals surface area (Å²) >= 11 is 9.39. The first kappa shape index (κ1) is 13.1. The summed E-state index contributed by atoms with van der Waals surface area (Å²) in [4.78, 5) is 4.50. The maximum Gasteiger partial charge on any atom is 0.259 e. The molecule has 1 aromatic carbocycles. The van der Waals surface area contributed by atoms with Crippen molar-refractivity contribution < 1.29 is 4.52 Å². The second-order valence-electron chi connectivity index (χ2n) is 4.63. The molecule has 1 saturated heterocycles. The Labute approximate surface area is 124 Å². The number of hydrogen-bond donors (Lipinski definition) is 1. The third-order valence-electron chi connectivity index (χ3n) is 3.27. The van der Waals surface area contributed by atoms with Crippen LogP contribution in [0.15, 0.2) is 27.2 Å². The first-order chi connectivity index (χ1) is 9.24. The van der Waals surface area contributed by atoms with Gasteiger partial charge in [-0.1, -0.05) is 16.8 Å². The highest BCUT2D eigenvalue weighted by Gasteiger charge is 2.21. The lowest BCUT2D eigenvalue weighted by Crippen LogP contribution is -2.28. The molecule has 2 aromatic rings. The molecule has 1 N–H and O–H groups in total. The molecule has 100 valence electrons. The van der Waals surface area contributed by atoms with Crippen LogP contribution in [0.4, 0.5) is 0 Å². The standard InChI is InChI=1S/C13H13BrClN3O/c14-11-6-9(15)3-4-10(11)13-17-12(18-19-13)8-2-1-5-16-7-8/h3-4,6,8,16H,1-2,5,7H2. The predicted molar refractivity (Wildman–Crippen MR) is 77.3 cm³/mol. The Bertz CT molecular complexity index is 581. The highest BCUT2D eigenvalue weighted by molar-refractivity contribution is 9.10. The maximum atomic E-state index is 5.93. The first-order valence-electron chi connectivity index (χ1n) is 6.24. The summed E-state index contributed by atoms with van der Waals surface area (Å²) < 4.78 is 6.22. The molecule has 0 spiro atoms. The number of nitrogens with one attached hydrogen (secondary N) is 1. The molecule has 3 rings (SSSR count). The van der Waals surface area contributed by atoms with E-state index in [1.165, 1.54) is 0 Å². The van der Waals surface area contributed by atoms with Crippen LogP contribution in [0.1, 0.15) is 24.6 Å². The average molecular weight is 343 g/mol. The van der Waals surface area contributed by atoms with E-state index in [-0.39, 0.29) is 0 Å². The molecule has 0 bridgehead atoms. The SMILES string of the molecule is Clc1ccc(-c2nc(C3CCCNC3)no2)c(Br)c1. The van der Waals surface area contributed by atoms with Crippen LogP contribution in [0, 0.1) is 0 Å². The van der Waals surface area contributed by atoms with Crippen LogP contribution in [0.5, 0.6) is 0 Å². The van der Waals surface area contributed by atoms with Gasteiger partial charge in [-0.15, -0.1) is 0 Å². The summed E-state index contributed by atoms with van der Waals surface area (Å²) in [5, 5.41) is 8.13. The van der Waals surface area contributed by atoms with Crippen LogP contribution >= 0.6 is 27.5 Å². The summed E-state index contributed by atoms with van der Waals surface area (Å²) in [5.74, 6) is 1.66. The quantitative estimate of drug-likeness (QED) is 0.905. The zero-order valence-electron chi connectivity index (χ0n) is 10.2. The van der Waals surface area contributed by atoms with E-state index in [0.717, 1.165) is 41.8 Å². The van der Waals surface area contributed by atoms with E-state index in [9.17, 15) is 0 Å². The average Bonchev–Trinajstić information content (AvgIpc) is 2.89. The smallest absolute Gasteiger partial charge is 0.259 e. The van der Waals surface area contributed by atoms with Gasteiger partial charge >= 0.3 is 0 Å². The van der Waals surface area contributed by atoms with Crippen LogP contribution in [0.3, 0.4) is 0 Å². The number of rotatable bonds is 2. The summed E-state index contributed by atoms with van der Waals surface area (Å²) in [6.45, 7) is 1.99. The molecule has 1 unspecified atom stereocenters. The molecule has 1 aromatic heterocycles. The van der Waals surface area contributed by atoms with Gasteiger partial charge in [-0.3, -0.25) is 0 Å². The normalized spacial score (nSPS) is 19.6. The van der Waals surface area contributed by atoms with Crippen LogP contribution in [-0.4, -0.2) is 23.2 Å². The number of hydrogen-bond acceptors (Lipinski definition) is 4. The van der Waals surface area contributed by atoms with E-state index in [1.54, 1.807) is 0 Å². The van der Waals surface area contributed by atoms with Gasteiger partial charge in [0.15, 0.2) is 5.82 Å². The highest BCUT2D eigenvalue weighted by atomic mass is 79.9. The lowest BCUT2D eigenvalue weighted by atomic mass is 9.99. The van der Waals surface area contributed by atoms with Crippen molar-refractivity contribution >= 4 is 27.5 Å². The van der Waals surface area contributed by atoms with Crippen molar-refractivity contribution in [3.05, 3.63) is 33.5 Å². The molecule has 1 aliphatic heterocycles. The lowest BCUT2D eigenvalue weighted by molar-refractivity contribution is 0.393. The number of aromatic nitrogens is 2. The van der Waals surface area contributed by atoms with Crippen LogP contribution in [-0.2, 0) is 0 Å². The number of halogens is 2. The minimum atomic E-state index is 0.345. The van der Waals surface area contributed by atoms with Gasteiger partial charge in [0.2, 0.25) is 0 Å². The molecule has 2 heterocycles. The molecule has 0 saturated carbocycles. The molecule has 0 aliphatic carbocycles. The summed E-state index contributed by atoms with van der Waals surface area (Å²) in [6, 6.07) is 5.51. The van der Waals surface area contributed by atoms with Crippen molar-refractivity contribution in [1.29, 1.82) is 0 Å². The summed E-state index contributed by atoms with van der Waals surface area (Å²) in [7, 11) is 0. The van der Waals surface area contributed by atoms with Gasteiger partial charge in [-0.25, -0.2) is 0 Å². The Morgan fingerprint density at radius 3 is 3.05 bits per heavy atom. The lowest BCUT2D eigenvalue weighted by Gasteiger charge is -2.19. The van der Waals surface area contributed by atoms with E-state index in [0.29, 0.717) is 16.8 Å². The molecular weight excluding hydrogens is 330 g/mol. The fourth-order valence-corrected chi connectivity index (χ4v) is 3.10. The molecule has 6 heteroatoms. The molecule has 1 atom stereocenters. The summed E-state index contributed by atoms with van der Waals surface area (Å²) in [6.07, 6.45) is 2.26. The highest BCUT2D eigenvalue weighted by Crippen LogP contribution is 2.31. The predicted octanol–water partition coefficient (Wildman–Crippen LogP) is 3.62. The Balaban J connectivity index is 1.87. The Kier molecular flexibility index (Phi) is 3.86. The molecule has 0 radical (unpaired) electrons. The van der Waals surface area contributed by atoms with Crippen molar-refractivity contribution in [2.24, 2.45) is 0 Å². The van der Waals surface area contributed by atoms with Crippen LogP contribution < -0.4 is 5.32 Å². The minimum absolute atomic E-state index is 0.345. The van der Waals surface area contributed by atoms with Gasteiger partial charge in [0, 0.05) is 22.0 Å². The fourth-order valence-electron chi connectivity index (χ4n) is 2.25. The third kappa shape index (κ3) is 2.83. The van der Waals surface area contributed by atoms with Crippen molar-refractivity contribution in [3.8, 4) is 11.5 Å². The van der Waals surface area contributed by atoms with E-state index in [1.807, 2.05) is 18.2 Å². The van der Waals surface area contributed by atoms with Crippen LogP contribution in [0.25, 0.3) is 11.5 Å². The van der Waals surface area contributed by atoms with E-state index >= 15 is 0 Å². The van der Waals surface area contributed by atoms with Gasteiger partial charge in [-0.05, 0) is 53.5 Å². The Morgan fingerprint density at radius 1 is 1.42 bits per heavy atom. The van der Waals surface area contributed by atoms with Gasteiger partial charge in [0.05, 0.1) is 5.56 Å². The minimum Gasteiger partial charge on any atom is -0.334 e. The van der Waals surface area contributed by atoms with Gasteiger partial charge < -0.3 is 9.84 Å². The number of piperidine rings is 1. The van der Waals surface area contributed by atoms with Gasteiger partial charge in [0.25, 0.3) is 5.89 Å². The molecular formula is C13H13BrClN3O. The molecule has 19 heavy (non-hydrogen) atoms. The van der Waals surface area contributed by atoms with E-state index < -0.39 is 0 Å². The number of nitrogens with zero attached hydrogens (tertiary/aromatic N) is 2. The molecule has 0 amide bonds. The fraction of sp³-hybridized carbons (Fsp3) is 0.385. The monoisotopic (exact) mass is 341 g/mol. The molecule has 1 fully saturated rings. The Morgan fingerprint density at radius 2 is 2.32 bits per heavy atom. The van der Waals surface area contributed by atoms with Crippen LogP contribution in [0.2, 0.25) is 5.02 Å². The van der Waals surface area contributed by atoms with Crippen molar-refractivity contribution in [1.82, 2.24) is 15.5 Å². The third-order valence-corrected chi connectivity index (χ3v) is 4.16. The molecule has 4 nitrogen and oxygen atoms in total. The molecule has 1 aliphatic rings. The second kappa shape index (κ2) is 5.61. The van der Waals surface area contributed by atoms with Gasteiger partial charge in [-0.2, -0.15) is 4.98 Å². The van der Waals surface area contributed by atoms with Gasteiger partial charge in [0.1, 0.15) is 0 Å². The Hall–Kier alpha value is -0.910. The van der Waals surface area contributed by atoms with Crippen molar-refractivity contribution in [3.63, 3.8) is 0 Å². The van der Waals surface area contributed by atoms with E-state index in [4.69, 9.17) is 16.1 Å². The first-order valence-corrected chi connectivity index (χ1v) is 7.41. The summed E-state index contributed by atoms with van der Waals surface area (Å²) in [5.41, 5.74) is 0.868. The van der Waals surface area contributed by atoms with E-state index in [2.05, 4.69) is 31.4 Å². The zero-order chi connectivity index (χ0) is 13.2. The van der Waals surface area contributed by atoms with Crippen molar-refractivity contribution in [2.45, 2.75) is 18.8 Å². The zero-order valence-corrected chi connectivity index (χ0v) is 12.5. The topological polar surface area (TPSA) is 51.0 Å². The van der Waals surface area contributed by atoms with Crippen molar-refractivity contribution in [2.75, 3.05) is 13.1 Å². The largest absolute Gasteiger partial charge is 0.334 e. The second-order valence-corrected chi connectivity index (χ2v) is 5.92.